The van der Waals surface area contributed by atoms with Gasteiger partial charge in [0.05, 0.1) is 4.90 Å². The van der Waals surface area contributed by atoms with Crippen LogP contribution in [0.15, 0.2) is 33.6 Å². The van der Waals surface area contributed by atoms with E-state index in [9.17, 15) is 18.3 Å². The van der Waals surface area contributed by atoms with Gasteiger partial charge in [-0.2, -0.15) is 4.31 Å². The van der Waals surface area contributed by atoms with E-state index >= 15 is 0 Å². The molecule has 1 aliphatic heterocycles. The average Bonchev–Trinajstić information content (AvgIpc) is 2.92. The van der Waals surface area contributed by atoms with Crippen LogP contribution in [0.4, 0.5) is 4.79 Å². The summed E-state index contributed by atoms with van der Waals surface area (Å²) >= 11 is 3.29. The van der Waals surface area contributed by atoms with Crippen LogP contribution in [0.1, 0.15) is 33.6 Å². The second kappa shape index (κ2) is 7.01. The van der Waals surface area contributed by atoms with Crippen LogP contribution in [0, 0.1) is 0 Å². The van der Waals surface area contributed by atoms with Gasteiger partial charge < -0.3 is 10.0 Å². The quantitative estimate of drug-likeness (QED) is 0.812. The Bertz CT molecular complexity index is 715. The van der Waals surface area contributed by atoms with E-state index in [-0.39, 0.29) is 17.5 Å². The zero-order valence-corrected chi connectivity index (χ0v) is 16.5. The summed E-state index contributed by atoms with van der Waals surface area (Å²) in [6, 6.07) is 6.35. The highest BCUT2D eigenvalue weighted by molar-refractivity contribution is 9.10. The molecule has 2 rings (SSSR count). The minimum absolute atomic E-state index is 0.169. The van der Waals surface area contributed by atoms with E-state index in [0.29, 0.717) is 17.4 Å². The van der Waals surface area contributed by atoms with E-state index in [4.69, 9.17) is 0 Å². The van der Waals surface area contributed by atoms with Crippen molar-refractivity contribution in [2.45, 2.75) is 50.1 Å². The van der Waals surface area contributed by atoms with Gasteiger partial charge in [0.2, 0.25) is 10.0 Å². The molecule has 1 saturated heterocycles. The van der Waals surface area contributed by atoms with E-state index in [1.165, 1.54) is 9.21 Å². The van der Waals surface area contributed by atoms with Crippen molar-refractivity contribution in [1.82, 2.24) is 9.21 Å². The van der Waals surface area contributed by atoms with Crippen molar-refractivity contribution >= 4 is 32.0 Å². The first-order valence-electron chi connectivity index (χ1n) is 7.82. The van der Waals surface area contributed by atoms with Gasteiger partial charge in [0, 0.05) is 29.1 Å². The lowest BCUT2D eigenvalue weighted by Crippen LogP contribution is -2.51. The molecule has 1 fully saturated rings. The van der Waals surface area contributed by atoms with Gasteiger partial charge >= 0.3 is 6.09 Å². The summed E-state index contributed by atoms with van der Waals surface area (Å²) in [6.45, 7) is 6.00. The molecule has 0 unspecified atom stereocenters. The zero-order valence-electron chi connectivity index (χ0n) is 14.1. The number of carbonyl (C=O) groups is 1. The van der Waals surface area contributed by atoms with Crippen LogP contribution in [0.2, 0.25) is 0 Å². The van der Waals surface area contributed by atoms with Gasteiger partial charge in [-0.25, -0.2) is 13.2 Å². The lowest BCUT2D eigenvalue weighted by atomic mass is 10.1. The summed E-state index contributed by atoms with van der Waals surface area (Å²) in [5, 5.41) is 9.47. The Morgan fingerprint density at radius 2 is 2.00 bits per heavy atom. The summed E-state index contributed by atoms with van der Waals surface area (Å²) in [6.07, 6.45) is 0.350. The normalized spacial score (nSPS) is 19.4. The van der Waals surface area contributed by atoms with E-state index in [2.05, 4.69) is 15.9 Å². The number of sulfonamides is 1. The lowest BCUT2D eigenvalue weighted by molar-refractivity contribution is 0.0885. The molecule has 0 aromatic heterocycles. The molecule has 8 heteroatoms. The molecule has 1 atom stereocenters. The van der Waals surface area contributed by atoms with Crippen LogP contribution in [0.3, 0.4) is 0 Å². The number of benzene rings is 1. The minimum atomic E-state index is -3.67. The second-order valence-electron chi connectivity index (χ2n) is 6.91. The number of hydrogen-bond acceptors (Lipinski definition) is 3. The molecule has 1 aromatic carbocycles. The molecule has 1 N–H and O–H groups in total. The van der Waals surface area contributed by atoms with Crippen molar-refractivity contribution in [3.05, 3.63) is 28.7 Å². The molecular formula is C16H23BrN2O4S. The van der Waals surface area contributed by atoms with Gasteiger partial charge in [0.1, 0.15) is 0 Å². The lowest BCUT2D eigenvalue weighted by Gasteiger charge is -2.37. The predicted octanol–water partition coefficient (Wildman–Crippen LogP) is 3.38. The Balaban J connectivity index is 2.31. The summed E-state index contributed by atoms with van der Waals surface area (Å²) in [5.74, 6) is 0. The van der Waals surface area contributed by atoms with E-state index in [0.717, 1.165) is 6.42 Å². The van der Waals surface area contributed by atoms with Crippen LogP contribution in [-0.4, -0.2) is 53.5 Å². The topological polar surface area (TPSA) is 77.9 Å². The highest BCUT2D eigenvalue weighted by Gasteiger charge is 2.39. The standard InChI is InChI=1S/C16H23BrN2O4S/c1-16(2,3)18(15(20)21)11-12-7-6-10-19(12)24(22,23)14-9-5-4-8-13(14)17/h4-5,8-9,12H,6-7,10-11H2,1-3H3,(H,20,21)/t12-/m1/s1. The van der Waals surface area contributed by atoms with Crippen LogP contribution in [-0.2, 0) is 10.0 Å². The maximum atomic E-state index is 13.0. The molecule has 6 nitrogen and oxygen atoms in total. The number of carboxylic acid groups (broad SMARTS) is 1. The molecule has 0 aliphatic carbocycles. The number of hydrogen-bond donors (Lipinski definition) is 1. The second-order valence-corrected chi connectivity index (χ2v) is 9.62. The fourth-order valence-electron chi connectivity index (χ4n) is 2.94. The zero-order chi connectivity index (χ0) is 18.1. The average molecular weight is 419 g/mol. The maximum Gasteiger partial charge on any atom is 0.407 e. The first-order chi connectivity index (χ1) is 11.0. The Kier molecular flexibility index (Phi) is 5.61. The van der Waals surface area contributed by atoms with Crippen molar-refractivity contribution in [3.8, 4) is 0 Å². The monoisotopic (exact) mass is 418 g/mol. The maximum absolute atomic E-state index is 13.0. The summed E-state index contributed by atoms with van der Waals surface area (Å²) in [5.41, 5.74) is -0.586. The fourth-order valence-corrected chi connectivity index (χ4v) is 5.59. The predicted molar refractivity (Wildman–Crippen MR) is 95.5 cm³/mol. The summed E-state index contributed by atoms with van der Waals surface area (Å²) in [4.78, 5) is 13.1. The Labute approximate surface area is 151 Å². The third-order valence-electron chi connectivity index (χ3n) is 4.18. The Hall–Kier alpha value is -1.12. The smallest absolute Gasteiger partial charge is 0.407 e. The largest absolute Gasteiger partial charge is 0.465 e. The van der Waals surface area contributed by atoms with Gasteiger partial charge in [0.15, 0.2) is 0 Å². The molecule has 0 spiro atoms. The van der Waals surface area contributed by atoms with Crippen molar-refractivity contribution < 1.29 is 18.3 Å². The third-order valence-corrected chi connectivity index (χ3v) is 7.14. The molecule has 0 saturated carbocycles. The number of nitrogens with zero attached hydrogens (tertiary/aromatic N) is 2. The molecular weight excluding hydrogens is 396 g/mol. The minimum Gasteiger partial charge on any atom is -0.465 e. The van der Waals surface area contributed by atoms with Gasteiger partial charge in [0.25, 0.3) is 0 Å². The first-order valence-corrected chi connectivity index (χ1v) is 10.1. The van der Waals surface area contributed by atoms with Crippen LogP contribution < -0.4 is 0 Å². The molecule has 24 heavy (non-hydrogen) atoms. The highest BCUT2D eigenvalue weighted by atomic mass is 79.9. The first kappa shape index (κ1) is 19.2. The number of rotatable bonds is 4. The van der Waals surface area contributed by atoms with Crippen molar-refractivity contribution in [1.29, 1.82) is 0 Å². The Morgan fingerprint density at radius 1 is 1.38 bits per heavy atom. The fraction of sp³-hybridized carbons (Fsp3) is 0.562. The highest BCUT2D eigenvalue weighted by Crippen LogP contribution is 2.31. The number of halogens is 1. The summed E-state index contributed by atoms with van der Waals surface area (Å²) in [7, 11) is -3.67. The van der Waals surface area contributed by atoms with Gasteiger partial charge in [-0.1, -0.05) is 12.1 Å². The van der Waals surface area contributed by atoms with Crippen molar-refractivity contribution in [3.63, 3.8) is 0 Å². The Morgan fingerprint density at radius 3 is 2.54 bits per heavy atom. The van der Waals surface area contributed by atoms with Gasteiger partial charge in [-0.05, 0) is 61.7 Å². The van der Waals surface area contributed by atoms with E-state index < -0.39 is 21.7 Å². The molecule has 134 valence electrons. The van der Waals surface area contributed by atoms with Crippen LogP contribution >= 0.6 is 15.9 Å². The summed E-state index contributed by atoms with van der Waals surface area (Å²) < 4.78 is 27.9. The SMILES string of the molecule is CC(C)(C)N(C[C@H]1CCCN1S(=O)(=O)c1ccccc1Br)C(=O)O. The van der Waals surface area contributed by atoms with E-state index in [1.807, 2.05) is 20.8 Å². The van der Waals surface area contributed by atoms with Gasteiger partial charge in [-0.3, -0.25) is 0 Å². The van der Waals surface area contributed by atoms with E-state index in [1.54, 1.807) is 24.3 Å². The third kappa shape index (κ3) is 3.92. The molecule has 0 bridgehead atoms. The number of amides is 1. The van der Waals surface area contributed by atoms with Crippen molar-refractivity contribution in [2.75, 3.05) is 13.1 Å². The van der Waals surface area contributed by atoms with Crippen LogP contribution in [0.5, 0.6) is 0 Å². The van der Waals surface area contributed by atoms with Crippen LogP contribution in [0.25, 0.3) is 0 Å². The molecule has 0 radical (unpaired) electrons. The molecule has 1 amide bonds. The molecule has 1 heterocycles. The molecule has 1 aliphatic rings. The van der Waals surface area contributed by atoms with Gasteiger partial charge in [-0.15, -0.1) is 0 Å². The van der Waals surface area contributed by atoms with Crippen molar-refractivity contribution in [2.24, 2.45) is 0 Å². The molecule has 1 aromatic rings.